The molecule has 0 saturated heterocycles. The van der Waals surface area contributed by atoms with Crippen LogP contribution in [0.25, 0.3) is 0 Å². The van der Waals surface area contributed by atoms with Crippen LogP contribution in [0, 0.1) is 0 Å². The van der Waals surface area contributed by atoms with Crippen molar-refractivity contribution in [3.63, 3.8) is 0 Å². The Morgan fingerprint density at radius 2 is 2.50 bits per heavy atom. The van der Waals surface area contributed by atoms with Crippen molar-refractivity contribution in [3.05, 3.63) is 39.0 Å². The molecular formula is C8H9N3O2S. The van der Waals surface area contributed by atoms with Gasteiger partial charge in [0.05, 0.1) is 31.4 Å². The lowest BCUT2D eigenvalue weighted by atomic mass is 10.4. The fraction of sp³-hybridized carbons (Fsp3) is 0.250. The van der Waals surface area contributed by atoms with Gasteiger partial charge in [0.25, 0.3) is 0 Å². The molecule has 0 unspecified atom stereocenters. The summed E-state index contributed by atoms with van der Waals surface area (Å²) in [6.45, 7) is 0.489. The summed E-state index contributed by atoms with van der Waals surface area (Å²) in [4.78, 5) is 17.4. The first-order valence-electron chi connectivity index (χ1n) is 4.06. The molecule has 0 aliphatic rings. The number of hydrogen-bond donors (Lipinski definition) is 2. The number of rotatable bonds is 3. The monoisotopic (exact) mass is 211 g/mol. The molecule has 0 aliphatic carbocycles. The van der Waals surface area contributed by atoms with Crippen molar-refractivity contribution in [2.45, 2.75) is 13.2 Å². The lowest BCUT2D eigenvalue weighted by Crippen LogP contribution is -2.05. The van der Waals surface area contributed by atoms with Gasteiger partial charge in [-0.3, -0.25) is 4.79 Å². The molecule has 0 aliphatic heterocycles. The lowest BCUT2D eigenvalue weighted by Gasteiger charge is -2.02. The average molecular weight is 211 g/mol. The normalized spacial score (nSPS) is 10.6. The van der Waals surface area contributed by atoms with Crippen molar-refractivity contribution in [2.24, 2.45) is 0 Å². The summed E-state index contributed by atoms with van der Waals surface area (Å²) in [6.07, 6.45) is 3.23. The second-order valence-corrected chi connectivity index (χ2v) is 3.69. The summed E-state index contributed by atoms with van der Waals surface area (Å²) in [7, 11) is 0. The highest BCUT2D eigenvalue weighted by Crippen LogP contribution is 2.04. The molecule has 2 aromatic heterocycles. The molecule has 2 aromatic rings. The molecule has 74 valence electrons. The maximum atomic E-state index is 10.9. The van der Waals surface area contributed by atoms with Gasteiger partial charge in [-0.25, -0.2) is 4.98 Å². The van der Waals surface area contributed by atoms with Crippen LogP contribution in [0.4, 0.5) is 0 Å². The summed E-state index contributed by atoms with van der Waals surface area (Å²) in [6, 6.07) is 0. The van der Waals surface area contributed by atoms with Gasteiger partial charge in [0.1, 0.15) is 0 Å². The maximum Gasteiger partial charge on any atom is 0.304 e. The van der Waals surface area contributed by atoms with Crippen LogP contribution < -0.4 is 4.87 Å². The van der Waals surface area contributed by atoms with Crippen LogP contribution in [-0.4, -0.2) is 19.6 Å². The van der Waals surface area contributed by atoms with E-state index in [1.54, 1.807) is 22.5 Å². The van der Waals surface area contributed by atoms with Crippen molar-refractivity contribution in [3.8, 4) is 0 Å². The van der Waals surface area contributed by atoms with E-state index in [-0.39, 0.29) is 11.5 Å². The van der Waals surface area contributed by atoms with Gasteiger partial charge in [0.15, 0.2) is 0 Å². The van der Waals surface area contributed by atoms with Crippen molar-refractivity contribution < 1.29 is 5.11 Å². The van der Waals surface area contributed by atoms with Crippen molar-refractivity contribution >= 4 is 11.3 Å². The average Bonchev–Trinajstić information content (AvgIpc) is 2.76. The van der Waals surface area contributed by atoms with E-state index in [1.165, 1.54) is 0 Å². The number of aromatic amines is 1. The van der Waals surface area contributed by atoms with Gasteiger partial charge >= 0.3 is 4.87 Å². The van der Waals surface area contributed by atoms with E-state index in [1.807, 2.05) is 0 Å². The molecule has 0 aromatic carbocycles. The highest BCUT2D eigenvalue weighted by atomic mass is 32.1. The first-order chi connectivity index (χ1) is 6.79. The fourth-order valence-corrected chi connectivity index (χ4v) is 1.77. The van der Waals surface area contributed by atoms with E-state index in [4.69, 9.17) is 5.11 Å². The highest BCUT2D eigenvalue weighted by molar-refractivity contribution is 7.07. The molecule has 2 heterocycles. The Bertz CT molecular complexity index is 471. The zero-order valence-corrected chi connectivity index (χ0v) is 8.12. The van der Waals surface area contributed by atoms with E-state index in [0.717, 1.165) is 22.7 Å². The molecule has 0 fully saturated rings. The first-order valence-corrected chi connectivity index (χ1v) is 4.94. The largest absolute Gasteiger partial charge is 0.390 e. The third-order valence-electron chi connectivity index (χ3n) is 1.87. The van der Waals surface area contributed by atoms with Gasteiger partial charge in [-0.1, -0.05) is 11.3 Å². The number of H-pyrrole nitrogens is 1. The predicted molar refractivity (Wildman–Crippen MR) is 52.2 cm³/mol. The van der Waals surface area contributed by atoms with E-state index < -0.39 is 0 Å². The number of nitrogens with one attached hydrogen (secondary N) is 1. The second kappa shape index (κ2) is 3.77. The van der Waals surface area contributed by atoms with Gasteiger partial charge in [0.2, 0.25) is 0 Å². The molecular weight excluding hydrogens is 202 g/mol. The minimum Gasteiger partial charge on any atom is -0.390 e. The number of thiazole rings is 1. The Morgan fingerprint density at radius 1 is 1.64 bits per heavy atom. The number of imidazole rings is 1. The topological polar surface area (TPSA) is 70.9 Å². The van der Waals surface area contributed by atoms with E-state index in [9.17, 15) is 4.79 Å². The Labute approximate surface area is 83.7 Å². The van der Waals surface area contributed by atoms with E-state index >= 15 is 0 Å². The van der Waals surface area contributed by atoms with Crippen molar-refractivity contribution in [1.29, 1.82) is 0 Å². The Balaban J connectivity index is 2.22. The minimum atomic E-state index is -0.0642. The number of nitrogens with zero attached hydrogens (tertiary/aromatic N) is 2. The zero-order valence-electron chi connectivity index (χ0n) is 7.30. The van der Waals surface area contributed by atoms with Gasteiger partial charge < -0.3 is 14.7 Å². The second-order valence-electron chi connectivity index (χ2n) is 2.84. The van der Waals surface area contributed by atoms with E-state index in [2.05, 4.69) is 9.97 Å². The Kier molecular flexibility index (Phi) is 2.47. The molecule has 0 saturated carbocycles. The predicted octanol–water partition coefficient (Wildman–Crippen LogP) is 0.173. The smallest absolute Gasteiger partial charge is 0.304 e. The van der Waals surface area contributed by atoms with Crippen LogP contribution in [0.1, 0.15) is 11.4 Å². The van der Waals surface area contributed by atoms with E-state index in [0.29, 0.717) is 6.54 Å². The van der Waals surface area contributed by atoms with Crippen molar-refractivity contribution in [2.75, 3.05) is 0 Å². The summed E-state index contributed by atoms with van der Waals surface area (Å²) < 4.78 is 1.79. The third-order valence-corrected chi connectivity index (χ3v) is 2.59. The van der Waals surface area contributed by atoms with Gasteiger partial charge in [-0.15, -0.1) is 0 Å². The number of hydrogen-bond acceptors (Lipinski definition) is 4. The summed E-state index contributed by atoms with van der Waals surface area (Å²) in [5.41, 5.74) is 1.56. The number of aliphatic hydroxyl groups excluding tert-OH is 1. The number of aromatic nitrogens is 3. The molecule has 0 spiro atoms. The molecule has 14 heavy (non-hydrogen) atoms. The van der Waals surface area contributed by atoms with Gasteiger partial charge in [0, 0.05) is 11.1 Å². The first kappa shape index (κ1) is 9.17. The molecule has 5 nitrogen and oxygen atoms in total. The summed E-state index contributed by atoms with van der Waals surface area (Å²) in [5, 5.41) is 10.7. The lowest BCUT2D eigenvalue weighted by molar-refractivity contribution is 0.271. The molecule has 2 rings (SSSR count). The van der Waals surface area contributed by atoms with Gasteiger partial charge in [-0.2, -0.15) is 0 Å². The quantitative estimate of drug-likeness (QED) is 0.760. The molecule has 6 heteroatoms. The van der Waals surface area contributed by atoms with Crippen LogP contribution in [0.5, 0.6) is 0 Å². The molecule has 0 radical (unpaired) electrons. The van der Waals surface area contributed by atoms with Crippen LogP contribution in [0.3, 0.4) is 0 Å². The highest BCUT2D eigenvalue weighted by Gasteiger charge is 2.02. The van der Waals surface area contributed by atoms with Gasteiger partial charge in [-0.05, 0) is 0 Å². The third kappa shape index (κ3) is 1.75. The standard InChI is InChI=1S/C8H9N3O2S/c12-3-7-1-9-5-11(7)2-6-4-14-8(13)10-6/h1,4-5,12H,2-3H2,(H,10,13). The van der Waals surface area contributed by atoms with Crippen molar-refractivity contribution in [1.82, 2.24) is 14.5 Å². The summed E-state index contributed by atoms with van der Waals surface area (Å²) >= 11 is 1.13. The molecule has 0 bridgehead atoms. The van der Waals surface area contributed by atoms with Crippen LogP contribution >= 0.6 is 11.3 Å². The number of aliphatic hydroxyl groups is 1. The van der Waals surface area contributed by atoms with Crippen LogP contribution in [0.2, 0.25) is 0 Å². The van der Waals surface area contributed by atoms with Crippen LogP contribution in [0.15, 0.2) is 22.7 Å². The molecule has 0 amide bonds. The molecule has 2 N–H and O–H groups in total. The summed E-state index contributed by atoms with van der Waals surface area (Å²) in [5.74, 6) is 0. The molecule has 0 atom stereocenters. The fourth-order valence-electron chi connectivity index (χ4n) is 1.20. The maximum absolute atomic E-state index is 10.9. The Morgan fingerprint density at radius 3 is 3.14 bits per heavy atom. The Hall–Kier alpha value is -1.40. The minimum absolute atomic E-state index is 0.0473. The van der Waals surface area contributed by atoms with Crippen LogP contribution in [-0.2, 0) is 13.2 Å². The zero-order chi connectivity index (χ0) is 9.97. The SMILES string of the molecule is O=c1[nH]c(Cn2cncc2CO)cs1.